The lowest BCUT2D eigenvalue weighted by molar-refractivity contribution is 0.146. The van der Waals surface area contributed by atoms with Crippen LogP contribution < -0.4 is 10.9 Å². The molecule has 9 heteroatoms. The molecule has 0 bridgehead atoms. The number of benzene rings is 1. The Bertz CT molecular complexity index is 1230. The van der Waals surface area contributed by atoms with Crippen LogP contribution in [0.2, 0.25) is 0 Å². The Morgan fingerprint density at radius 1 is 1.22 bits per heavy atom. The van der Waals surface area contributed by atoms with Crippen molar-refractivity contribution in [2.75, 3.05) is 16.8 Å². The van der Waals surface area contributed by atoms with Gasteiger partial charge in [-0.25, -0.2) is 23.1 Å². The van der Waals surface area contributed by atoms with E-state index in [-0.39, 0.29) is 27.5 Å². The minimum Gasteiger partial charge on any atom is -0.363 e. The number of fused-ring (bicyclic) bond motifs is 1. The van der Waals surface area contributed by atoms with Gasteiger partial charge in [0.05, 0.1) is 17.0 Å². The van der Waals surface area contributed by atoms with Gasteiger partial charge in [0.2, 0.25) is 0 Å². The lowest BCUT2D eigenvalue weighted by atomic mass is 9.94. The zero-order valence-corrected chi connectivity index (χ0v) is 18.8. The van der Waals surface area contributed by atoms with E-state index in [0.717, 1.165) is 30.4 Å². The highest BCUT2D eigenvalue weighted by Crippen LogP contribution is 2.35. The molecule has 0 radical (unpaired) electrons. The molecule has 3 heterocycles. The molecule has 1 N–H and O–H groups in total. The second-order valence-corrected chi connectivity index (χ2v) is 10.2. The van der Waals surface area contributed by atoms with Crippen LogP contribution >= 0.6 is 10.5 Å². The molecule has 1 saturated heterocycles. The molecule has 0 amide bonds. The third-order valence-corrected chi connectivity index (χ3v) is 7.72. The van der Waals surface area contributed by atoms with Gasteiger partial charge in [0.25, 0.3) is 12.0 Å². The highest BCUT2D eigenvalue weighted by atomic mass is 32.2. The minimum atomic E-state index is -2.90. The standard InChI is InChI=1S/C23H25F3N4OS/c1-13(15-5-4-6-16(19(15)24)20(25)26)29-21-18-11-17(14-7-9-32(3)10-8-14)23(31)30(2)22(18)28-12-27-21/h4-6,11-14,20H,3,7-10H2,1-2H3,(H,27,28,29)/t13-,14?,32?/m1/s1. The molecule has 0 aliphatic carbocycles. The number of aryl methyl sites for hydroxylation is 1. The fourth-order valence-corrected chi connectivity index (χ4v) is 5.67. The number of hydrogen-bond donors (Lipinski definition) is 1. The summed E-state index contributed by atoms with van der Waals surface area (Å²) in [4.78, 5) is 21.6. The average Bonchev–Trinajstić information content (AvgIpc) is 2.77. The first-order valence-electron chi connectivity index (χ1n) is 10.4. The van der Waals surface area contributed by atoms with Crippen molar-refractivity contribution in [3.8, 4) is 0 Å². The summed E-state index contributed by atoms with van der Waals surface area (Å²) < 4.78 is 42.4. The number of hydrogen-bond acceptors (Lipinski definition) is 4. The Morgan fingerprint density at radius 2 is 1.91 bits per heavy atom. The third kappa shape index (κ3) is 4.18. The molecule has 1 aromatic carbocycles. The lowest BCUT2D eigenvalue weighted by Crippen LogP contribution is -2.26. The number of nitrogens with zero attached hydrogens (tertiary/aromatic N) is 3. The monoisotopic (exact) mass is 462 g/mol. The fourth-order valence-electron chi connectivity index (χ4n) is 4.23. The smallest absolute Gasteiger partial charge is 0.266 e. The molecule has 2 aromatic heterocycles. The van der Waals surface area contributed by atoms with E-state index in [2.05, 4.69) is 21.2 Å². The van der Waals surface area contributed by atoms with Gasteiger partial charge in [-0.05, 0) is 43.3 Å². The lowest BCUT2D eigenvalue weighted by Gasteiger charge is -2.25. The van der Waals surface area contributed by atoms with Gasteiger partial charge in [0.1, 0.15) is 23.6 Å². The Morgan fingerprint density at radius 3 is 2.59 bits per heavy atom. The summed E-state index contributed by atoms with van der Waals surface area (Å²) >= 11 is 0. The van der Waals surface area contributed by atoms with Crippen LogP contribution in [0.5, 0.6) is 0 Å². The van der Waals surface area contributed by atoms with Gasteiger partial charge in [-0.2, -0.15) is 10.5 Å². The van der Waals surface area contributed by atoms with Crippen LogP contribution in [-0.2, 0) is 7.05 Å². The van der Waals surface area contributed by atoms with E-state index in [1.54, 1.807) is 14.0 Å². The first-order valence-corrected chi connectivity index (χ1v) is 12.2. The molecule has 170 valence electrons. The van der Waals surface area contributed by atoms with Crippen molar-refractivity contribution in [2.24, 2.45) is 7.05 Å². The summed E-state index contributed by atoms with van der Waals surface area (Å²) in [5, 5.41) is 3.77. The number of pyridine rings is 1. The molecule has 3 aromatic rings. The molecule has 4 rings (SSSR count). The fraction of sp³-hybridized carbons (Fsp3) is 0.391. The van der Waals surface area contributed by atoms with E-state index in [1.165, 1.54) is 23.0 Å². The van der Waals surface area contributed by atoms with E-state index >= 15 is 0 Å². The van der Waals surface area contributed by atoms with E-state index in [4.69, 9.17) is 0 Å². The van der Waals surface area contributed by atoms with Crippen molar-refractivity contribution in [1.82, 2.24) is 14.5 Å². The zero-order chi connectivity index (χ0) is 23.0. The number of anilines is 1. The molecular formula is C23H25F3N4OS. The summed E-state index contributed by atoms with van der Waals surface area (Å²) in [6, 6.07) is 5.17. The molecule has 1 aliphatic rings. The van der Waals surface area contributed by atoms with Gasteiger partial charge in [-0.3, -0.25) is 9.36 Å². The second kappa shape index (κ2) is 9.05. The highest BCUT2D eigenvalue weighted by molar-refractivity contribution is 8.14. The Balaban J connectivity index is 1.74. The van der Waals surface area contributed by atoms with Crippen LogP contribution in [0.4, 0.5) is 19.0 Å². The molecule has 32 heavy (non-hydrogen) atoms. The molecular weight excluding hydrogens is 437 g/mol. The summed E-state index contributed by atoms with van der Waals surface area (Å²) in [6.45, 7) is 1.68. The van der Waals surface area contributed by atoms with Crippen molar-refractivity contribution in [3.63, 3.8) is 0 Å². The van der Waals surface area contributed by atoms with Gasteiger partial charge >= 0.3 is 0 Å². The number of halogens is 3. The van der Waals surface area contributed by atoms with Crippen LogP contribution in [0.3, 0.4) is 0 Å². The zero-order valence-electron chi connectivity index (χ0n) is 17.9. The van der Waals surface area contributed by atoms with E-state index in [9.17, 15) is 18.0 Å². The van der Waals surface area contributed by atoms with Gasteiger partial charge in [0.15, 0.2) is 0 Å². The maximum absolute atomic E-state index is 14.6. The van der Waals surface area contributed by atoms with Crippen LogP contribution in [0.25, 0.3) is 11.0 Å². The van der Waals surface area contributed by atoms with Gasteiger partial charge in [-0.1, -0.05) is 24.1 Å². The summed E-state index contributed by atoms with van der Waals surface area (Å²) in [5.74, 6) is 5.79. The van der Waals surface area contributed by atoms with E-state index in [1.807, 2.05) is 6.07 Å². The van der Waals surface area contributed by atoms with Crippen LogP contribution in [0, 0.1) is 5.82 Å². The predicted octanol–water partition coefficient (Wildman–Crippen LogP) is 5.16. The topological polar surface area (TPSA) is 59.8 Å². The molecule has 1 fully saturated rings. The first kappa shape index (κ1) is 22.5. The van der Waals surface area contributed by atoms with Crippen LogP contribution in [0.1, 0.15) is 54.8 Å². The quantitative estimate of drug-likeness (QED) is 0.533. The molecule has 5 nitrogen and oxygen atoms in total. The first-order chi connectivity index (χ1) is 15.3. The Hall–Kier alpha value is -2.68. The Labute approximate surface area is 186 Å². The number of aromatic nitrogens is 3. The van der Waals surface area contributed by atoms with Crippen molar-refractivity contribution in [1.29, 1.82) is 0 Å². The van der Waals surface area contributed by atoms with Crippen LogP contribution in [-0.4, -0.2) is 31.9 Å². The average molecular weight is 463 g/mol. The van der Waals surface area contributed by atoms with Gasteiger partial charge in [0, 0.05) is 18.2 Å². The van der Waals surface area contributed by atoms with E-state index in [0.29, 0.717) is 22.4 Å². The predicted molar refractivity (Wildman–Crippen MR) is 125 cm³/mol. The number of rotatable bonds is 5. The summed E-state index contributed by atoms with van der Waals surface area (Å²) in [5.41, 5.74) is 0.581. The number of alkyl halides is 2. The van der Waals surface area contributed by atoms with Crippen LogP contribution in [0.15, 0.2) is 35.4 Å². The summed E-state index contributed by atoms with van der Waals surface area (Å²) in [7, 11) is 1.83. The summed E-state index contributed by atoms with van der Waals surface area (Å²) in [6.07, 6.45) is 0.253. The highest BCUT2D eigenvalue weighted by Gasteiger charge is 2.24. The normalized spacial score (nSPS) is 19.9. The van der Waals surface area contributed by atoms with Gasteiger partial charge in [-0.15, -0.1) is 0 Å². The minimum absolute atomic E-state index is 0.0817. The van der Waals surface area contributed by atoms with Crippen molar-refractivity contribution in [2.45, 2.75) is 38.2 Å². The maximum atomic E-state index is 14.6. The van der Waals surface area contributed by atoms with Gasteiger partial charge < -0.3 is 5.32 Å². The molecule has 1 atom stereocenters. The molecule has 0 saturated carbocycles. The van der Waals surface area contributed by atoms with Crippen molar-refractivity contribution < 1.29 is 13.2 Å². The van der Waals surface area contributed by atoms with Crippen molar-refractivity contribution >= 4 is 33.2 Å². The van der Waals surface area contributed by atoms with Crippen molar-refractivity contribution in [3.05, 3.63) is 63.5 Å². The second-order valence-electron chi connectivity index (χ2n) is 8.14. The Kier molecular flexibility index (Phi) is 6.37. The molecule has 0 unspecified atom stereocenters. The number of nitrogens with one attached hydrogen (secondary N) is 1. The largest absolute Gasteiger partial charge is 0.363 e. The third-order valence-electron chi connectivity index (χ3n) is 6.10. The maximum Gasteiger partial charge on any atom is 0.266 e. The molecule has 1 aliphatic heterocycles. The van der Waals surface area contributed by atoms with E-state index < -0.39 is 23.8 Å². The molecule has 0 spiro atoms. The SMILES string of the molecule is C=S1CCC(c2cc3c(N[C@H](C)c4cccc(C(F)F)c4F)ncnc3n(C)c2=O)CC1.